The molecular weight excluding hydrogens is 483 g/mol. The zero-order chi connectivity index (χ0) is 26.4. The highest BCUT2D eigenvalue weighted by Crippen LogP contribution is 2.69. The Morgan fingerprint density at radius 1 is 1.03 bits per heavy atom. The smallest absolute Gasteiger partial charge is 0.312 e. The Bertz CT molecular complexity index is 1300. The highest BCUT2D eigenvalue weighted by Gasteiger charge is 2.78. The maximum Gasteiger partial charge on any atom is 0.312 e. The Balaban J connectivity index is 1.82. The van der Waals surface area contributed by atoms with Gasteiger partial charge in [-0.15, -0.1) is 0 Å². The van der Waals surface area contributed by atoms with Gasteiger partial charge in [0, 0.05) is 25.2 Å². The second kappa shape index (κ2) is 9.33. The molecule has 0 aromatic heterocycles. The van der Waals surface area contributed by atoms with E-state index in [0.717, 1.165) is 6.07 Å². The number of fused-ring (bicyclic) bond motifs is 3. The first-order valence-electron chi connectivity index (χ1n) is 11.7. The van der Waals surface area contributed by atoms with Crippen LogP contribution in [0.3, 0.4) is 0 Å². The number of aliphatic hydroxyl groups is 2. The predicted octanol–water partition coefficient (Wildman–Crippen LogP) is 3.24. The number of ether oxygens (including phenoxy) is 5. The summed E-state index contributed by atoms with van der Waals surface area (Å²) in [5.41, 5.74) is -3.46. The van der Waals surface area contributed by atoms with Crippen LogP contribution in [0.2, 0.25) is 0 Å². The fraction of sp³-hybridized carbons (Fsp3) is 0.321. The van der Waals surface area contributed by atoms with E-state index in [1.54, 1.807) is 54.6 Å². The molecule has 5 atom stereocenters. The largest absolute Gasteiger partial charge is 0.497 e. The van der Waals surface area contributed by atoms with Crippen LogP contribution in [0.4, 0.5) is 4.39 Å². The third-order valence-corrected chi connectivity index (χ3v) is 7.31. The van der Waals surface area contributed by atoms with Crippen molar-refractivity contribution in [1.29, 1.82) is 0 Å². The topological polar surface area (TPSA) is 104 Å². The third kappa shape index (κ3) is 3.49. The van der Waals surface area contributed by atoms with Gasteiger partial charge in [-0.05, 0) is 23.3 Å². The summed E-state index contributed by atoms with van der Waals surface area (Å²) in [5.74, 6) is -3.24. The quantitative estimate of drug-likeness (QED) is 0.369. The Labute approximate surface area is 213 Å². The molecule has 194 valence electrons. The summed E-state index contributed by atoms with van der Waals surface area (Å²) < 4.78 is 43.0. The fourth-order valence-electron chi connectivity index (χ4n) is 5.82. The lowest BCUT2D eigenvalue weighted by Gasteiger charge is -2.40. The minimum absolute atomic E-state index is 0.0206. The average Bonchev–Trinajstić information content (AvgIpc) is 3.30. The van der Waals surface area contributed by atoms with E-state index in [-0.39, 0.29) is 23.9 Å². The summed E-state index contributed by atoms with van der Waals surface area (Å²) in [4.78, 5) is 13.1. The van der Waals surface area contributed by atoms with Gasteiger partial charge in [-0.25, -0.2) is 4.39 Å². The normalized spacial score (nSPS) is 27.7. The van der Waals surface area contributed by atoms with Crippen molar-refractivity contribution in [2.45, 2.75) is 23.2 Å². The van der Waals surface area contributed by atoms with E-state index >= 15 is 4.39 Å². The minimum atomic E-state index is -2.37. The molecule has 0 unspecified atom stereocenters. The first-order valence-corrected chi connectivity index (χ1v) is 11.7. The van der Waals surface area contributed by atoms with Crippen molar-refractivity contribution in [3.8, 4) is 17.2 Å². The van der Waals surface area contributed by atoms with E-state index in [9.17, 15) is 15.0 Å². The summed E-state index contributed by atoms with van der Waals surface area (Å²) in [5, 5.41) is 24.1. The van der Waals surface area contributed by atoms with Crippen LogP contribution in [0.15, 0.2) is 66.7 Å². The van der Waals surface area contributed by atoms with Gasteiger partial charge in [-0.1, -0.05) is 42.5 Å². The molecular formula is C28H27FO8. The molecule has 3 aromatic rings. The molecule has 2 N–H and O–H groups in total. The summed E-state index contributed by atoms with van der Waals surface area (Å²) >= 11 is 0. The molecule has 1 aliphatic heterocycles. The molecule has 1 fully saturated rings. The van der Waals surface area contributed by atoms with Crippen LogP contribution in [0.25, 0.3) is 0 Å². The van der Waals surface area contributed by atoms with E-state index in [0.29, 0.717) is 16.9 Å². The monoisotopic (exact) mass is 510 g/mol. The molecule has 8 nitrogen and oxygen atoms in total. The Morgan fingerprint density at radius 3 is 2.35 bits per heavy atom. The maximum atomic E-state index is 15.8. The lowest BCUT2D eigenvalue weighted by Crippen LogP contribution is -2.52. The first-order chi connectivity index (χ1) is 17.8. The van der Waals surface area contributed by atoms with Crippen LogP contribution < -0.4 is 14.2 Å². The van der Waals surface area contributed by atoms with Gasteiger partial charge < -0.3 is 33.9 Å². The first kappa shape index (κ1) is 25.0. The minimum Gasteiger partial charge on any atom is -0.497 e. The van der Waals surface area contributed by atoms with E-state index < -0.39 is 40.9 Å². The van der Waals surface area contributed by atoms with Crippen molar-refractivity contribution in [1.82, 2.24) is 0 Å². The lowest BCUT2D eigenvalue weighted by atomic mass is 9.70. The molecule has 2 aliphatic rings. The van der Waals surface area contributed by atoms with Gasteiger partial charge in [-0.3, -0.25) is 4.79 Å². The van der Waals surface area contributed by atoms with Crippen LogP contribution in [0.5, 0.6) is 17.2 Å². The van der Waals surface area contributed by atoms with Crippen molar-refractivity contribution >= 4 is 5.97 Å². The number of halogens is 1. The van der Waals surface area contributed by atoms with E-state index in [2.05, 4.69) is 0 Å². The number of rotatable bonds is 7. The molecule has 0 bridgehead atoms. The SMILES string of the molecule is COCOc1cc(F)c2c(c1)O[C@@]1(c3ccc(OC)cc3)[C@H](c3ccccc3)[C@@H](C(=O)OC)[C@@H](O)[C@@]21O. The summed E-state index contributed by atoms with van der Waals surface area (Å²) in [7, 11) is 4.14. The van der Waals surface area contributed by atoms with Gasteiger partial charge in [0.2, 0.25) is 0 Å². The van der Waals surface area contributed by atoms with Gasteiger partial charge in [-0.2, -0.15) is 0 Å². The van der Waals surface area contributed by atoms with E-state index in [1.165, 1.54) is 27.4 Å². The van der Waals surface area contributed by atoms with Crippen molar-refractivity contribution in [3.63, 3.8) is 0 Å². The molecule has 0 spiro atoms. The number of methoxy groups -OCH3 is 3. The molecule has 0 amide bonds. The highest BCUT2D eigenvalue weighted by molar-refractivity contribution is 5.78. The molecule has 1 saturated carbocycles. The van der Waals surface area contributed by atoms with Crippen LogP contribution in [-0.2, 0) is 25.5 Å². The van der Waals surface area contributed by atoms with Crippen LogP contribution in [-0.4, -0.2) is 50.4 Å². The fourth-order valence-corrected chi connectivity index (χ4v) is 5.82. The molecule has 37 heavy (non-hydrogen) atoms. The van der Waals surface area contributed by atoms with Crippen molar-refractivity contribution < 1.29 is 43.1 Å². The molecule has 3 aromatic carbocycles. The molecule has 1 aliphatic carbocycles. The van der Waals surface area contributed by atoms with Crippen LogP contribution in [0, 0.1) is 11.7 Å². The Kier molecular flexibility index (Phi) is 6.31. The van der Waals surface area contributed by atoms with E-state index in [1.807, 2.05) is 0 Å². The second-order valence-corrected chi connectivity index (χ2v) is 9.04. The summed E-state index contributed by atoms with van der Waals surface area (Å²) in [6, 6.07) is 18.1. The lowest BCUT2D eigenvalue weighted by molar-refractivity contribution is -0.161. The van der Waals surface area contributed by atoms with Crippen molar-refractivity contribution in [2.75, 3.05) is 28.1 Å². The zero-order valence-electron chi connectivity index (χ0n) is 20.5. The molecule has 0 saturated heterocycles. The third-order valence-electron chi connectivity index (χ3n) is 7.31. The van der Waals surface area contributed by atoms with Crippen LogP contribution >= 0.6 is 0 Å². The molecule has 0 radical (unpaired) electrons. The summed E-state index contributed by atoms with van der Waals surface area (Å²) in [6.45, 7) is -0.133. The number of hydrogen-bond acceptors (Lipinski definition) is 8. The van der Waals surface area contributed by atoms with Crippen molar-refractivity contribution in [2.24, 2.45) is 5.92 Å². The van der Waals surface area contributed by atoms with E-state index in [4.69, 9.17) is 23.7 Å². The number of carbonyl (C=O) groups is 1. The number of hydrogen-bond donors (Lipinski definition) is 2. The highest BCUT2D eigenvalue weighted by atomic mass is 19.1. The van der Waals surface area contributed by atoms with Gasteiger partial charge in [0.15, 0.2) is 18.0 Å². The number of esters is 1. The van der Waals surface area contributed by atoms with Crippen LogP contribution in [0.1, 0.15) is 22.6 Å². The Hall–Kier alpha value is -3.66. The number of benzene rings is 3. The second-order valence-electron chi connectivity index (χ2n) is 9.04. The zero-order valence-corrected chi connectivity index (χ0v) is 20.5. The standard InChI is InChI=1S/C28H27FO8/c1-33-15-36-19-13-20(29)24-21(14-19)37-28(17-9-11-18(34-2)12-10-17)23(16-7-5-4-6-8-16)22(26(31)35-3)25(30)27(24,28)32/h4-14,22-23,25,30,32H,15H2,1-3H3/t22-,23-,25-,27+,28+/m1/s1. The number of aliphatic hydroxyl groups excluding tert-OH is 1. The number of carbonyl (C=O) groups excluding carboxylic acids is 1. The Morgan fingerprint density at radius 2 is 1.73 bits per heavy atom. The maximum absolute atomic E-state index is 15.8. The predicted molar refractivity (Wildman–Crippen MR) is 129 cm³/mol. The average molecular weight is 511 g/mol. The van der Waals surface area contributed by atoms with Gasteiger partial charge in [0.1, 0.15) is 29.2 Å². The summed E-state index contributed by atoms with van der Waals surface area (Å²) in [6.07, 6.45) is -1.78. The van der Waals surface area contributed by atoms with Gasteiger partial charge in [0.25, 0.3) is 0 Å². The van der Waals surface area contributed by atoms with Gasteiger partial charge in [0.05, 0.1) is 25.7 Å². The van der Waals surface area contributed by atoms with Crippen molar-refractivity contribution in [3.05, 3.63) is 89.2 Å². The molecule has 9 heteroatoms. The molecule has 5 rings (SSSR count). The van der Waals surface area contributed by atoms with Gasteiger partial charge >= 0.3 is 5.97 Å². The molecule has 1 heterocycles.